The fourth-order valence-corrected chi connectivity index (χ4v) is 4.00. The van der Waals surface area contributed by atoms with Crippen LogP contribution in [-0.4, -0.2) is 29.0 Å². The van der Waals surface area contributed by atoms with Gasteiger partial charge in [0.1, 0.15) is 17.9 Å². The lowest BCUT2D eigenvalue weighted by molar-refractivity contribution is 0.601. The van der Waals surface area contributed by atoms with Gasteiger partial charge in [0.2, 0.25) is 0 Å². The van der Waals surface area contributed by atoms with Crippen LogP contribution >= 0.6 is 15.9 Å². The van der Waals surface area contributed by atoms with Crippen molar-refractivity contribution in [3.05, 3.63) is 46.9 Å². The summed E-state index contributed by atoms with van der Waals surface area (Å²) in [6.45, 7) is 4.33. The van der Waals surface area contributed by atoms with Gasteiger partial charge in [-0.3, -0.25) is 15.7 Å². The summed E-state index contributed by atoms with van der Waals surface area (Å²) in [5, 5.41) is 16.7. The number of benzene rings is 2. The topological polar surface area (TPSA) is 77.2 Å². The summed E-state index contributed by atoms with van der Waals surface area (Å²) in [4.78, 5) is 4.64. The van der Waals surface area contributed by atoms with Gasteiger partial charge in [0.05, 0.1) is 11.4 Å². The van der Waals surface area contributed by atoms with Crippen LogP contribution in [0.2, 0.25) is 0 Å². The molecule has 0 saturated carbocycles. The molecule has 5 nitrogen and oxygen atoms in total. The van der Waals surface area contributed by atoms with Crippen LogP contribution < -0.4 is 9.80 Å². The van der Waals surface area contributed by atoms with Gasteiger partial charge in [-0.1, -0.05) is 22.9 Å². The molecule has 0 amide bonds. The van der Waals surface area contributed by atoms with E-state index in [-0.39, 0.29) is 5.92 Å². The first-order valence-electron chi connectivity index (χ1n) is 8.24. The highest BCUT2D eigenvalue weighted by molar-refractivity contribution is 9.10. The molecule has 136 valence electrons. The van der Waals surface area contributed by atoms with Gasteiger partial charge < -0.3 is 9.45 Å². The number of rotatable bonds is 2. The van der Waals surface area contributed by atoms with Crippen LogP contribution in [0.25, 0.3) is 0 Å². The predicted octanol–water partition coefficient (Wildman–Crippen LogP) is 4.76. The SMILES string of the molecule is CC(=N)N1C(=N)[C@H](C)CN(c2ccc([S+](C)[O-])cc2)c2cc(Br)ccc21. The van der Waals surface area contributed by atoms with Gasteiger partial charge in [-0.25, -0.2) is 0 Å². The minimum Gasteiger partial charge on any atom is -0.612 e. The summed E-state index contributed by atoms with van der Waals surface area (Å²) >= 11 is 2.53. The van der Waals surface area contributed by atoms with E-state index in [0.717, 1.165) is 26.4 Å². The van der Waals surface area contributed by atoms with Crippen molar-refractivity contribution in [2.24, 2.45) is 5.92 Å². The molecular weight excluding hydrogens is 412 g/mol. The van der Waals surface area contributed by atoms with E-state index >= 15 is 0 Å². The molecule has 2 N–H and O–H groups in total. The number of hydrogen-bond acceptors (Lipinski definition) is 4. The summed E-state index contributed by atoms with van der Waals surface area (Å²) in [5.74, 6) is 0.681. The molecule has 2 aromatic rings. The Balaban J connectivity index is 2.15. The zero-order valence-corrected chi connectivity index (χ0v) is 17.3. The molecule has 1 heterocycles. The summed E-state index contributed by atoms with van der Waals surface area (Å²) in [5.41, 5.74) is 2.73. The summed E-state index contributed by atoms with van der Waals surface area (Å²) < 4.78 is 12.6. The smallest absolute Gasteiger partial charge is 0.152 e. The molecule has 7 heteroatoms. The number of nitrogens with zero attached hydrogens (tertiary/aromatic N) is 2. The Morgan fingerprint density at radius 1 is 1.19 bits per heavy atom. The minimum absolute atomic E-state index is 0.0542. The Kier molecular flexibility index (Phi) is 5.41. The average molecular weight is 433 g/mol. The highest BCUT2D eigenvalue weighted by Gasteiger charge is 2.30. The maximum absolute atomic E-state index is 11.7. The highest BCUT2D eigenvalue weighted by Crippen LogP contribution is 2.40. The van der Waals surface area contributed by atoms with Crippen molar-refractivity contribution in [1.29, 1.82) is 10.8 Å². The van der Waals surface area contributed by atoms with Crippen LogP contribution in [0.1, 0.15) is 13.8 Å². The lowest BCUT2D eigenvalue weighted by Crippen LogP contribution is -2.38. The third kappa shape index (κ3) is 3.51. The molecule has 1 unspecified atom stereocenters. The van der Waals surface area contributed by atoms with E-state index in [2.05, 4.69) is 20.8 Å². The Hall–Kier alpha value is -1.83. The molecular formula is C19H21BrN4OS. The molecule has 0 saturated heterocycles. The van der Waals surface area contributed by atoms with Gasteiger partial charge >= 0.3 is 0 Å². The van der Waals surface area contributed by atoms with Crippen molar-refractivity contribution in [3.63, 3.8) is 0 Å². The third-order valence-electron chi connectivity index (χ3n) is 4.45. The quantitative estimate of drug-likeness (QED) is 0.408. The first kappa shape index (κ1) is 18.9. The Bertz CT molecular complexity index is 853. The van der Waals surface area contributed by atoms with E-state index in [9.17, 15) is 4.55 Å². The zero-order valence-electron chi connectivity index (χ0n) is 14.9. The van der Waals surface area contributed by atoms with E-state index in [1.807, 2.05) is 49.4 Å². The molecule has 0 radical (unpaired) electrons. The van der Waals surface area contributed by atoms with Crippen molar-refractivity contribution in [1.82, 2.24) is 0 Å². The molecule has 26 heavy (non-hydrogen) atoms. The van der Waals surface area contributed by atoms with Gasteiger partial charge in [-0.2, -0.15) is 0 Å². The Morgan fingerprint density at radius 2 is 1.85 bits per heavy atom. The first-order chi connectivity index (χ1) is 12.3. The lowest BCUT2D eigenvalue weighted by atomic mass is 10.1. The lowest BCUT2D eigenvalue weighted by Gasteiger charge is -2.27. The summed E-state index contributed by atoms with van der Waals surface area (Å²) in [7, 11) is 0. The second-order valence-electron chi connectivity index (χ2n) is 6.40. The maximum atomic E-state index is 11.7. The van der Waals surface area contributed by atoms with Crippen molar-refractivity contribution >= 4 is 55.8 Å². The van der Waals surface area contributed by atoms with Gasteiger partial charge in [0.15, 0.2) is 4.90 Å². The van der Waals surface area contributed by atoms with E-state index in [1.165, 1.54) is 0 Å². The first-order valence-corrected chi connectivity index (χ1v) is 10.6. The molecule has 2 aromatic carbocycles. The number of fused-ring (bicyclic) bond motifs is 1. The predicted molar refractivity (Wildman–Crippen MR) is 113 cm³/mol. The molecule has 1 aliphatic heterocycles. The molecule has 3 rings (SSSR count). The van der Waals surface area contributed by atoms with Crippen LogP contribution in [0.3, 0.4) is 0 Å². The van der Waals surface area contributed by atoms with Crippen LogP contribution in [0.4, 0.5) is 17.1 Å². The van der Waals surface area contributed by atoms with Crippen molar-refractivity contribution in [2.45, 2.75) is 18.7 Å². The molecule has 0 bridgehead atoms. The minimum atomic E-state index is -1.02. The molecule has 0 fully saturated rings. The van der Waals surface area contributed by atoms with Crippen molar-refractivity contribution in [3.8, 4) is 0 Å². The Morgan fingerprint density at radius 3 is 2.42 bits per heavy atom. The van der Waals surface area contributed by atoms with Crippen molar-refractivity contribution < 1.29 is 4.55 Å². The number of halogens is 1. The standard InChI is InChI=1S/C19H21BrN4OS/c1-12-11-23(15-5-7-16(8-6-15)26(3)25)18-10-14(20)4-9-17(18)24(13(2)21)19(12)22/h4-10,12,21-22H,11H2,1-3H3/t12-,26?/m1/s1. The molecule has 0 aromatic heterocycles. The van der Waals surface area contributed by atoms with Gasteiger partial charge in [0.25, 0.3) is 0 Å². The fraction of sp³-hybridized carbons (Fsp3) is 0.263. The molecule has 2 atom stereocenters. The van der Waals surface area contributed by atoms with E-state index < -0.39 is 11.2 Å². The monoisotopic (exact) mass is 432 g/mol. The van der Waals surface area contributed by atoms with Crippen LogP contribution in [0.5, 0.6) is 0 Å². The van der Waals surface area contributed by atoms with E-state index in [4.69, 9.17) is 10.8 Å². The zero-order chi connectivity index (χ0) is 19.0. The normalized spacial score (nSPS) is 18.3. The van der Waals surface area contributed by atoms with Crippen LogP contribution in [-0.2, 0) is 11.2 Å². The second-order valence-corrected chi connectivity index (χ2v) is 8.69. The number of amidine groups is 2. The van der Waals surface area contributed by atoms with Gasteiger partial charge in [-0.05, 0) is 60.6 Å². The van der Waals surface area contributed by atoms with Crippen LogP contribution in [0, 0.1) is 16.7 Å². The highest BCUT2D eigenvalue weighted by atomic mass is 79.9. The number of nitrogens with one attached hydrogen (secondary N) is 2. The average Bonchev–Trinajstić information content (AvgIpc) is 2.70. The molecule has 0 aliphatic carbocycles. The molecule has 1 aliphatic rings. The Labute approximate surface area is 165 Å². The summed E-state index contributed by atoms with van der Waals surface area (Å²) in [6, 6.07) is 13.6. The number of anilines is 3. The van der Waals surface area contributed by atoms with Crippen LogP contribution in [0.15, 0.2) is 51.8 Å². The van der Waals surface area contributed by atoms with Crippen molar-refractivity contribution in [2.75, 3.05) is 22.6 Å². The van der Waals surface area contributed by atoms with E-state index in [1.54, 1.807) is 18.1 Å². The summed E-state index contributed by atoms with van der Waals surface area (Å²) in [6.07, 6.45) is 1.67. The van der Waals surface area contributed by atoms with Gasteiger partial charge in [0, 0.05) is 22.6 Å². The second kappa shape index (κ2) is 7.42. The van der Waals surface area contributed by atoms with Gasteiger partial charge in [-0.15, -0.1) is 0 Å². The maximum Gasteiger partial charge on any atom is 0.152 e. The largest absolute Gasteiger partial charge is 0.612 e. The third-order valence-corrected chi connectivity index (χ3v) is 5.88. The van der Waals surface area contributed by atoms with E-state index in [0.29, 0.717) is 18.2 Å². The fourth-order valence-electron chi connectivity index (χ4n) is 3.13. The number of hydrogen-bond donors (Lipinski definition) is 2. The molecule has 0 spiro atoms.